The predicted octanol–water partition coefficient (Wildman–Crippen LogP) is 2.32. The lowest BCUT2D eigenvalue weighted by Gasteiger charge is -2.47. The first-order chi connectivity index (χ1) is 8.56. The van der Waals surface area contributed by atoms with Crippen LogP contribution in [-0.4, -0.2) is 25.9 Å². The Morgan fingerprint density at radius 3 is 2.72 bits per heavy atom. The summed E-state index contributed by atoms with van der Waals surface area (Å²) < 4.78 is 5.34. The molecule has 3 nitrogen and oxygen atoms in total. The van der Waals surface area contributed by atoms with Crippen LogP contribution in [0.15, 0.2) is 23.2 Å². The highest BCUT2D eigenvalue weighted by atomic mass is 16.5. The van der Waals surface area contributed by atoms with E-state index >= 15 is 0 Å². The summed E-state index contributed by atoms with van der Waals surface area (Å²) in [6.45, 7) is 4.40. The third-order valence-corrected chi connectivity index (χ3v) is 4.19. The smallest absolute Gasteiger partial charge is 0.119 e. The Morgan fingerprint density at radius 1 is 1.50 bits per heavy atom. The van der Waals surface area contributed by atoms with Gasteiger partial charge in [0, 0.05) is 18.2 Å². The first-order valence-corrected chi connectivity index (χ1v) is 6.45. The molecule has 0 unspecified atom stereocenters. The van der Waals surface area contributed by atoms with Gasteiger partial charge in [0.1, 0.15) is 5.75 Å². The number of ether oxygens (including phenoxy) is 1. The third-order valence-electron chi connectivity index (χ3n) is 4.19. The lowest BCUT2D eigenvalue weighted by atomic mass is 9.59. The van der Waals surface area contributed by atoms with Crippen molar-refractivity contribution in [1.82, 2.24) is 0 Å². The zero-order chi connectivity index (χ0) is 13.3. The molecule has 0 heterocycles. The van der Waals surface area contributed by atoms with Gasteiger partial charge in [0.15, 0.2) is 0 Å². The van der Waals surface area contributed by atoms with Crippen LogP contribution in [0.1, 0.15) is 31.4 Å². The largest absolute Gasteiger partial charge is 0.497 e. The monoisotopic (exact) mass is 246 g/mol. The van der Waals surface area contributed by atoms with Crippen LogP contribution in [0, 0.1) is 0 Å². The Hall–Kier alpha value is -1.35. The minimum Gasteiger partial charge on any atom is -0.497 e. The van der Waals surface area contributed by atoms with Crippen LogP contribution in [0.3, 0.4) is 0 Å². The molecule has 0 spiro atoms. The van der Waals surface area contributed by atoms with Gasteiger partial charge >= 0.3 is 0 Å². The summed E-state index contributed by atoms with van der Waals surface area (Å²) in [5.41, 5.74) is 10.1. The molecule has 0 amide bonds. The predicted molar refractivity (Wildman–Crippen MR) is 75.7 cm³/mol. The zero-order valence-electron chi connectivity index (χ0n) is 11.7. The van der Waals surface area contributed by atoms with E-state index in [9.17, 15) is 0 Å². The molecule has 2 N–H and O–H groups in total. The Kier molecular flexibility index (Phi) is 3.44. The van der Waals surface area contributed by atoms with E-state index in [1.807, 2.05) is 13.1 Å². The van der Waals surface area contributed by atoms with Gasteiger partial charge in [-0.3, -0.25) is 4.99 Å². The fourth-order valence-electron chi connectivity index (χ4n) is 2.84. The second-order valence-electron chi connectivity index (χ2n) is 5.16. The van der Waals surface area contributed by atoms with Gasteiger partial charge in [-0.25, -0.2) is 0 Å². The molecular formula is C15H22N2O. The van der Waals surface area contributed by atoms with Crippen LogP contribution in [-0.2, 0) is 11.8 Å². The van der Waals surface area contributed by atoms with Crippen molar-refractivity contribution in [3.63, 3.8) is 0 Å². The Bertz CT molecular complexity index is 481. The highest BCUT2D eigenvalue weighted by molar-refractivity contribution is 5.99. The topological polar surface area (TPSA) is 47.6 Å². The molecule has 1 aromatic carbocycles. The van der Waals surface area contributed by atoms with Crippen LogP contribution < -0.4 is 10.5 Å². The van der Waals surface area contributed by atoms with Gasteiger partial charge in [0.05, 0.1) is 13.2 Å². The van der Waals surface area contributed by atoms with Crippen molar-refractivity contribution in [1.29, 1.82) is 0 Å². The van der Waals surface area contributed by atoms with E-state index < -0.39 is 0 Å². The maximum atomic E-state index is 6.29. The Labute approximate surface area is 109 Å². The third kappa shape index (κ3) is 1.83. The molecule has 2 atom stereocenters. The summed E-state index contributed by atoms with van der Waals surface area (Å²) in [5.74, 6) is 0.900. The first kappa shape index (κ1) is 13.1. The van der Waals surface area contributed by atoms with E-state index in [1.165, 1.54) is 11.1 Å². The number of nitrogens with zero attached hydrogens (tertiary/aromatic N) is 1. The number of hydrogen-bond acceptors (Lipinski definition) is 3. The minimum absolute atomic E-state index is 0.00523. The zero-order valence-corrected chi connectivity index (χ0v) is 11.7. The molecule has 1 aliphatic rings. The van der Waals surface area contributed by atoms with Crippen molar-refractivity contribution in [2.24, 2.45) is 10.7 Å². The van der Waals surface area contributed by atoms with Gasteiger partial charge in [-0.05, 0) is 36.1 Å². The van der Waals surface area contributed by atoms with Crippen molar-refractivity contribution in [2.75, 3.05) is 14.2 Å². The fourth-order valence-corrected chi connectivity index (χ4v) is 2.84. The van der Waals surface area contributed by atoms with Crippen molar-refractivity contribution in [2.45, 2.75) is 38.1 Å². The average Bonchev–Trinajstić information content (AvgIpc) is 2.42. The number of rotatable bonds is 3. The van der Waals surface area contributed by atoms with Crippen LogP contribution in [0.4, 0.5) is 0 Å². The standard InChI is InChI=1S/C15H22N2O/c1-5-10-6-7-11(18-4)8-12(10)15(2)9-13(17-3)14(15)16/h6-8,14H,5,9,16H2,1-4H3/t14-,15+/m0/s1. The Morgan fingerprint density at radius 2 is 2.22 bits per heavy atom. The lowest BCUT2D eigenvalue weighted by Crippen LogP contribution is -2.60. The summed E-state index contributed by atoms with van der Waals surface area (Å²) in [7, 11) is 3.52. The van der Waals surface area contributed by atoms with E-state index in [0.29, 0.717) is 0 Å². The van der Waals surface area contributed by atoms with E-state index in [4.69, 9.17) is 10.5 Å². The van der Waals surface area contributed by atoms with E-state index in [2.05, 4.69) is 31.0 Å². The summed E-state index contributed by atoms with van der Waals surface area (Å²) in [6.07, 6.45) is 1.96. The molecule has 1 fully saturated rings. The van der Waals surface area contributed by atoms with Gasteiger partial charge in [0.25, 0.3) is 0 Å². The van der Waals surface area contributed by atoms with Crippen molar-refractivity contribution in [3.05, 3.63) is 29.3 Å². The molecule has 98 valence electrons. The van der Waals surface area contributed by atoms with Crippen LogP contribution in [0.2, 0.25) is 0 Å². The lowest BCUT2D eigenvalue weighted by molar-refractivity contribution is 0.375. The van der Waals surface area contributed by atoms with Gasteiger partial charge in [-0.1, -0.05) is 19.9 Å². The Balaban J connectivity index is 2.44. The van der Waals surface area contributed by atoms with Gasteiger partial charge < -0.3 is 10.5 Å². The minimum atomic E-state index is -0.00523. The van der Waals surface area contributed by atoms with Crippen molar-refractivity contribution >= 4 is 5.71 Å². The molecule has 1 saturated carbocycles. The molecule has 0 aliphatic heterocycles. The van der Waals surface area contributed by atoms with Crippen molar-refractivity contribution in [3.8, 4) is 5.75 Å². The fraction of sp³-hybridized carbons (Fsp3) is 0.533. The van der Waals surface area contributed by atoms with Crippen LogP contribution in [0.5, 0.6) is 5.75 Å². The van der Waals surface area contributed by atoms with Gasteiger partial charge in [-0.15, -0.1) is 0 Å². The molecule has 0 saturated heterocycles. The normalized spacial score (nSPS) is 29.2. The molecule has 18 heavy (non-hydrogen) atoms. The summed E-state index contributed by atoms with van der Waals surface area (Å²) >= 11 is 0. The molecule has 0 radical (unpaired) electrons. The summed E-state index contributed by atoms with van der Waals surface area (Å²) in [5, 5.41) is 0. The maximum absolute atomic E-state index is 6.29. The highest BCUT2D eigenvalue weighted by Crippen LogP contribution is 2.43. The van der Waals surface area contributed by atoms with Crippen LogP contribution in [0.25, 0.3) is 0 Å². The second kappa shape index (κ2) is 4.73. The van der Waals surface area contributed by atoms with E-state index in [-0.39, 0.29) is 11.5 Å². The van der Waals surface area contributed by atoms with Crippen molar-refractivity contribution < 1.29 is 4.74 Å². The highest BCUT2D eigenvalue weighted by Gasteiger charge is 2.47. The number of methoxy groups -OCH3 is 1. The molecule has 0 bridgehead atoms. The maximum Gasteiger partial charge on any atom is 0.119 e. The molecule has 1 aliphatic carbocycles. The number of aryl methyl sites for hydroxylation is 1. The molecular weight excluding hydrogens is 224 g/mol. The molecule has 0 aromatic heterocycles. The first-order valence-electron chi connectivity index (χ1n) is 6.45. The van der Waals surface area contributed by atoms with E-state index in [0.717, 1.165) is 24.3 Å². The van der Waals surface area contributed by atoms with Gasteiger partial charge in [-0.2, -0.15) is 0 Å². The number of hydrogen-bond donors (Lipinski definition) is 1. The molecule has 1 aromatic rings. The van der Waals surface area contributed by atoms with E-state index in [1.54, 1.807) is 7.11 Å². The SMILES string of the molecule is CCc1ccc(OC)cc1[C@@]1(C)CC(=NC)[C@@H]1N. The number of benzene rings is 1. The second-order valence-corrected chi connectivity index (χ2v) is 5.16. The summed E-state index contributed by atoms with van der Waals surface area (Å²) in [6, 6.07) is 6.32. The average molecular weight is 246 g/mol. The number of aliphatic imine (C=N–C) groups is 1. The summed E-state index contributed by atoms with van der Waals surface area (Å²) in [4.78, 5) is 4.25. The quantitative estimate of drug-likeness (QED) is 0.889. The van der Waals surface area contributed by atoms with Crippen LogP contribution >= 0.6 is 0 Å². The molecule has 2 rings (SSSR count). The number of nitrogens with two attached hydrogens (primary N) is 1. The van der Waals surface area contributed by atoms with Gasteiger partial charge in [0.2, 0.25) is 0 Å². The molecule has 3 heteroatoms.